The van der Waals surface area contributed by atoms with Crippen molar-refractivity contribution in [3.05, 3.63) is 23.8 Å². The number of carboxylic acids is 1. The molecule has 2 amide bonds. The highest BCUT2D eigenvalue weighted by atomic mass is 16.5. The summed E-state index contributed by atoms with van der Waals surface area (Å²) in [5.41, 5.74) is 1.69. The average Bonchev–Trinajstić information content (AvgIpc) is 2.50. The molecule has 124 valence electrons. The minimum atomic E-state index is -0.884. The van der Waals surface area contributed by atoms with Crippen LogP contribution in [0.5, 0.6) is 5.75 Å². The second-order valence-electron chi connectivity index (χ2n) is 5.40. The second kappa shape index (κ2) is 7.62. The Morgan fingerprint density at radius 2 is 2.13 bits per heavy atom. The lowest BCUT2D eigenvalue weighted by Crippen LogP contribution is -2.41. The molecule has 0 spiro atoms. The maximum atomic E-state index is 12.0. The van der Waals surface area contributed by atoms with Crippen LogP contribution in [0.25, 0.3) is 0 Å². The van der Waals surface area contributed by atoms with Crippen molar-refractivity contribution in [3.8, 4) is 5.75 Å². The Morgan fingerprint density at radius 1 is 1.35 bits per heavy atom. The van der Waals surface area contributed by atoms with Gasteiger partial charge in [-0.1, -0.05) is 6.07 Å². The van der Waals surface area contributed by atoms with Crippen LogP contribution < -0.4 is 15.0 Å². The van der Waals surface area contributed by atoms with E-state index in [9.17, 15) is 14.4 Å². The molecule has 1 aliphatic heterocycles. The lowest BCUT2D eigenvalue weighted by atomic mass is 10.1. The highest BCUT2D eigenvalue weighted by molar-refractivity contribution is 5.98. The molecular weight excluding hydrogens is 300 g/mol. The minimum absolute atomic E-state index is 0.0227. The Balaban J connectivity index is 1.88. The fraction of sp³-hybridized carbons (Fsp3) is 0.438. The van der Waals surface area contributed by atoms with Crippen LogP contribution in [0.4, 0.5) is 5.69 Å². The summed E-state index contributed by atoms with van der Waals surface area (Å²) in [7, 11) is 0. The molecule has 0 unspecified atom stereocenters. The molecule has 0 fully saturated rings. The highest BCUT2D eigenvalue weighted by Gasteiger charge is 2.25. The fourth-order valence-corrected chi connectivity index (χ4v) is 2.33. The van der Waals surface area contributed by atoms with Crippen molar-refractivity contribution in [2.45, 2.75) is 26.2 Å². The fourth-order valence-electron chi connectivity index (χ4n) is 2.33. The number of carbonyl (C=O) groups is 3. The van der Waals surface area contributed by atoms with Crippen LogP contribution in [-0.2, 0) is 14.4 Å². The predicted molar refractivity (Wildman–Crippen MR) is 83.5 cm³/mol. The van der Waals surface area contributed by atoms with E-state index in [0.29, 0.717) is 24.4 Å². The Labute approximate surface area is 134 Å². The summed E-state index contributed by atoms with van der Waals surface area (Å²) in [6.07, 6.45) is 0.570. The number of aryl methyl sites for hydroxylation is 1. The van der Waals surface area contributed by atoms with Gasteiger partial charge < -0.3 is 20.1 Å². The largest absolute Gasteiger partial charge is 0.482 e. The molecule has 0 aromatic heterocycles. The van der Waals surface area contributed by atoms with Crippen LogP contribution in [0.3, 0.4) is 0 Å². The van der Waals surface area contributed by atoms with Gasteiger partial charge in [0.25, 0.3) is 5.91 Å². The van der Waals surface area contributed by atoms with Gasteiger partial charge in [-0.15, -0.1) is 0 Å². The van der Waals surface area contributed by atoms with Crippen molar-refractivity contribution in [1.29, 1.82) is 0 Å². The molecule has 7 nitrogen and oxygen atoms in total. The predicted octanol–water partition coefficient (Wildman–Crippen LogP) is 1.09. The van der Waals surface area contributed by atoms with E-state index in [2.05, 4.69) is 5.32 Å². The van der Waals surface area contributed by atoms with Gasteiger partial charge >= 0.3 is 5.97 Å². The van der Waals surface area contributed by atoms with Crippen molar-refractivity contribution in [1.82, 2.24) is 5.32 Å². The van der Waals surface area contributed by atoms with Gasteiger partial charge in [0.2, 0.25) is 5.91 Å². The van der Waals surface area contributed by atoms with Crippen LogP contribution in [0.15, 0.2) is 18.2 Å². The van der Waals surface area contributed by atoms with Crippen molar-refractivity contribution < 1.29 is 24.2 Å². The normalized spacial score (nSPS) is 13.3. The molecule has 0 saturated carbocycles. The molecule has 1 aromatic carbocycles. The number of nitrogens with zero attached hydrogens (tertiary/aromatic N) is 1. The number of fused-ring (bicyclic) bond motifs is 1. The summed E-state index contributed by atoms with van der Waals surface area (Å²) >= 11 is 0. The summed E-state index contributed by atoms with van der Waals surface area (Å²) < 4.78 is 5.38. The van der Waals surface area contributed by atoms with E-state index in [-0.39, 0.29) is 37.8 Å². The molecule has 7 heteroatoms. The monoisotopic (exact) mass is 320 g/mol. The van der Waals surface area contributed by atoms with Gasteiger partial charge in [0, 0.05) is 25.9 Å². The Hall–Kier alpha value is -2.57. The van der Waals surface area contributed by atoms with Gasteiger partial charge in [-0.25, -0.2) is 0 Å². The molecule has 0 radical (unpaired) electrons. The van der Waals surface area contributed by atoms with E-state index in [1.54, 1.807) is 4.90 Å². The molecule has 0 saturated heterocycles. The maximum Gasteiger partial charge on any atom is 0.303 e. The molecule has 1 aromatic rings. The first kappa shape index (κ1) is 16.8. The number of carboxylic acid groups (broad SMARTS) is 1. The molecule has 0 aliphatic carbocycles. The van der Waals surface area contributed by atoms with Crippen molar-refractivity contribution >= 4 is 23.5 Å². The first-order valence-electron chi connectivity index (χ1n) is 7.49. The lowest BCUT2D eigenvalue weighted by molar-refractivity contribution is -0.137. The first-order chi connectivity index (χ1) is 11.0. The molecule has 23 heavy (non-hydrogen) atoms. The van der Waals surface area contributed by atoms with Gasteiger partial charge in [-0.3, -0.25) is 14.4 Å². The number of hydrogen-bond donors (Lipinski definition) is 2. The number of nitrogens with one attached hydrogen (secondary N) is 1. The smallest absolute Gasteiger partial charge is 0.303 e. The van der Waals surface area contributed by atoms with E-state index in [1.165, 1.54) is 0 Å². The third-order valence-corrected chi connectivity index (χ3v) is 3.51. The van der Waals surface area contributed by atoms with Crippen LogP contribution in [0.1, 0.15) is 24.8 Å². The van der Waals surface area contributed by atoms with E-state index >= 15 is 0 Å². The maximum absolute atomic E-state index is 12.0. The second-order valence-corrected chi connectivity index (χ2v) is 5.40. The standard InChI is InChI=1S/C16H20N2O5/c1-11-4-5-13-12(9-11)18(15(20)10-23-13)8-6-14(19)17-7-2-3-16(21)22/h4-5,9H,2-3,6-8,10H2,1H3,(H,17,19)(H,21,22). The molecule has 2 N–H and O–H groups in total. The first-order valence-corrected chi connectivity index (χ1v) is 7.49. The number of hydrogen-bond acceptors (Lipinski definition) is 4. The highest BCUT2D eigenvalue weighted by Crippen LogP contribution is 2.32. The number of anilines is 1. The Morgan fingerprint density at radius 3 is 2.87 bits per heavy atom. The number of amides is 2. The van der Waals surface area contributed by atoms with Crippen LogP contribution in [-0.4, -0.2) is 42.6 Å². The zero-order valence-electron chi connectivity index (χ0n) is 13.0. The van der Waals surface area contributed by atoms with Crippen molar-refractivity contribution in [2.24, 2.45) is 0 Å². The Bertz CT molecular complexity index is 614. The van der Waals surface area contributed by atoms with Gasteiger partial charge in [-0.2, -0.15) is 0 Å². The number of rotatable bonds is 7. The van der Waals surface area contributed by atoms with E-state index in [4.69, 9.17) is 9.84 Å². The summed E-state index contributed by atoms with van der Waals surface area (Å²) in [4.78, 5) is 35.8. The third-order valence-electron chi connectivity index (χ3n) is 3.51. The number of benzene rings is 1. The average molecular weight is 320 g/mol. The summed E-state index contributed by atoms with van der Waals surface area (Å²) in [5.74, 6) is -0.632. The Kier molecular flexibility index (Phi) is 5.56. The summed E-state index contributed by atoms with van der Waals surface area (Å²) in [5, 5.41) is 11.2. The van der Waals surface area contributed by atoms with Gasteiger partial charge in [0.05, 0.1) is 5.69 Å². The minimum Gasteiger partial charge on any atom is -0.482 e. The number of aliphatic carboxylic acids is 1. The zero-order valence-corrected chi connectivity index (χ0v) is 13.0. The SMILES string of the molecule is Cc1ccc2c(c1)N(CCC(=O)NCCCC(=O)O)C(=O)CO2. The molecule has 0 atom stereocenters. The van der Waals surface area contributed by atoms with Crippen LogP contribution >= 0.6 is 0 Å². The van der Waals surface area contributed by atoms with Crippen LogP contribution in [0.2, 0.25) is 0 Å². The molecule has 1 aliphatic rings. The molecule has 0 bridgehead atoms. The van der Waals surface area contributed by atoms with Crippen molar-refractivity contribution in [3.63, 3.8) is 0 Å². The molecule has 1 heterocycles. The number of carbonyl (C=O) groups excluding carboxylic acids is 2. The summed E-state index contributed by atoms with van der Waals surface area (Å²) in [6.45, 7) is 2.48. The van der Waals surface area contributed by atoms with E-state index in [1.807, 2.05) is 25.1 Å². The van der Waals surface area contributed by atoms with E-state index in [0.717, 1.165) is 5.56 Å². The summed E-state index contributed by atoms with van der Waals surface area (Å²) in [6, 6.07) is 5.58. The van der Waals surface area contributed by atoms with E-state index < -0.39 is 5.97 Å². The number of ether oxygens (including phenoxy) is 1. The molecule has 2 rings (SSSR count). The molecular formula is C16H20N2O5. The van der Waals surface area contributed by atoms with Gasteiger partial charge in [0.1, 0.15) is 5.75 Å². The quantitative estimate of drug-likeness (QED) is 0.733. The third kappa shape index (κ3) is 4.70. The van der Waals surface area contributed by atoms with Gasteiger partial charge in [0.15, 0.2) is 6.61 Å². The lowest BCUT2D eigenvalue weighted by Gasteiger charge is -2.29. The topological polar surface area (TPSA) is 95.9 Å². The zero-order chi connectivity index (χ0) is 16.8. The van der Waals surface area contributed by atoms with Gasteiger partial charge in [-0.05, 0) is 31.0 Å². The van der Waals surface area contributed by atoms with Crippen molar-refractivity contribution in [2.75, 3.05) is 24.6 Å². The van der Waals surface area contributed by atoms with Crippen LogP contribution in [0, 0.1) is 6.92 Å².